The van der Waals surface area contributed by atoms with Crippen LogP contribution in [0.1, 0.15) is 11.1 Å². The first-order valence-corrected chi connectivity index (χ1v) is 7.40. The molecule has 4 nitrogen and oxygen atoms in total. The van der Waals surface area contributed by atoms with Gasteiger partial charge in [-0.1, -0.05) is 12.1 Å². The molecule has 0 spiro atoms. The lowest BCUT2D eigenvalue weighted by molar-refractivity contribution is -0.0498. The van der Waals surface area contributed by atoms with Gasteiger partial charge >= 0.3 is 6.61 Å². The fourth-order valence-electron chi connectivity index (χ4n) is 2.10. The van der Waals surface area contributed by atoms with E-state index in [2.05, 4.69) is 20.4 Å². The molecule has 0 radical (unpaired) electrons. The molecule has 0 amide bonds. The number of hydrogen-bond donors (Lipinski definition) is 2. The van der Waals surface area contributed by atoms with Crippen molar-refractivity contribution in [3.05, 3.63) is 65.2 Å². The van der Waals surface area contributed by atoms with Crippen LogP contribution >= 0.6 is 24.0 Å². The van der Waals surface area contributed by atoms with E-state index in [-0.39, 0.29) is 48.4 Å². The van der Waals surface area contributed by atoms with E-state index in [0.717, 1.165) is 18.2 Å². The fraction of sp³-hybridized carbons (Fsp3) is 0.235. The van der Waals surface area contributed by atoms with Crippen LogP contribution < -0.4 is 15.4 Å². The highest BCUT2D eigenvalue weighted by atomic mass is 127. The summed E-state index contributed by atoms with van der Waals surface area (Å²) < 4.78 is 55.5. The second-order valence-electron chi connectivity index (χ2n) is 5.04. The average Bonchev–Trinajstić information content (AvgIpc) is 2.57. The molecular formula is C17H18F4IN3O. The maximum atomic E-state index is 13.6. The Morgan fingerprint density at radius 1 is 1.08 bits per heavy atom. The van der Waals surface area contributed by atoms with Crippen LogP contribution in [-0.2, 0) is 13.1 Å². The van der Waals surface area contributed by atoms with Gasteiger partial charge < -0.3 is 15.4 Å². The molecule has 0 fully saturated rings. The van der Waals surface area contributed by atoms with E-state index < -0.39 is 18.2 Å². The molecule has 2 aromatic carbocycles. The monoisotopic (exact) mass is 483 g/mol. The molecule has 2 N–H and O–H groups in total. The van der Waals surface area contributed by atoms with Gasteiger partial charge in [0.1, 0.15) is 17.4 Å². The standard InChI is InChI=1S/C17H17F4N3O.HI/c1-22-17(24-10-12-8-13(18)5-6-15(12)19)23-9-11-3-2-4-14(7-11)25-16(20)21;/h2-8,16H,9-10H2,1H3,(H2,22,23,24);1H. The predicted molar refractivity (Wildman–Crippen MR) is 102 cm³/mol. The average molecular weight is 483 g/mol. The Bertz CT molecular complexity index is 744. The molecule has 26 heavy (non-hydrogen) atoms. The maximum Gasteiger partial charge on any atom is 0.387 e. The second-order valence-corrected chi connectivity index (χ2v) is 5.04. The van der Waals surface area contributed by atoms with Crippen LogP contribution in [0.5, 0.6) is 5.75 Å². The first-order valence-electron chi connectivity index (χ1n) is 7.40. The number of benzene rings is 2. The van der Waals surface area contributed by atoms with Crippen molar-refractivity contribution >= 4 is 29.9 Å². The van der Waals surface area contributed by atoms with Gasteiger partial charge in [-0.25, -0.2) is 8.78 Å². The van der Waals surface area contributed by atoms with Crippen molar-refractivity contribution in [1.29, 1.82) is 0 Å². The second kappa shape index (κ2) is 10.8. The molecule has 0 saturated carbocycles. The van der Waals surface area contributed by atoms with Crippen LogP contribution in [0.15, 0.2) is 47.5 Å². The van der Waals surface area contributed by atoms with Gasteiger partial charge in [-0.3, -0.25) is 4.99 Å². The van der Waals surface area contributed by atoms with Gasteiger partial charge in [0.05, 0.1) is 0 Å². The molecule has 0 aliphatic rings. The van der Waals surface area contributed by atoms with Gasteiger partial charge in [-0.15, -0.1) is 24.0 Å². The van der Waals surface area contributed by atoms with Crippen molar-refractivity contribution in [2.45, 2.75) is 19.7 Å². The van der Waals surface area contributed by atoms with Gasteiger partial charge in [0.15, 0.2) is 5.96 Å². The van der Waals surface area contributed by atoms with E-state index in [0.29, 0.717) is 11.5 Å². The smallest absolute Gasteiger partial charge is 0.387 e. The Morgan fingerprint density at radius 3 is 2.50 bits per heavy atom. The lowest BCUT2D eigenvalue weighted by atomic mass is 10.2. The predicted octanol–water partition coefficient (Wildman–Crippen LogP) is 4.05. The molecule has 0 atom stereocenters. The molecule has 0 aliphatic heterocycles. The number of ether oxygens (including phenoxy) is 1. The highest BCUT2D eigenvalue weighted by molar-refractivity contribution is 14.0. The number of halogens is 5. The van der Waals surface area contributed by atoms with Gasteiger partial charge in [0.25, 0.3) is 0 Å². The van der Waals surface area contributed by atoms with E-state index in [1.54, 1.807) is 12.1 Å². The number of aliphatic imine (C=N–C) groups is 1. The van der Waals surface area contributed by atoms with Gasteiger partial charge in [-0.2, -0.15) is 8.78 Å². The van der Waals surface area contributed by atoms with Crippen molar-refractivity contribution < 1.29 is 22.3 Å². The minimum atomic E-state index is -2.89. The zero-order valence-corrected chi connectivity index (χ0v) is 16.1. The molecule has 0 bridgehead atoms. The van der Waals surface area contributed by atoms with Gasteiger partial charge in [-0.05, 0) is 35.9 Å². The number of nitrogens with zero attached hydrogens (tertiary/aromatic N) is 1. The highest BCUT2D eigenvalue weighted by Gasteiger charge is 2.07. The van der Waals surface area contributed by atoms with E-state index in [4.69, 9.17) is 0 Å². The Labute approximate surface area is 165 Å². The maximum absolute atomic E-state index is 13.6. The third-order valence-electron chi connectivity index (χ3n) is 3.26. The fourth-order valence-corrected chi connectivity index (χ4v) is 2.10. The van der Waals surface area contributed by atoms with Crippen LogP contribution in [0, 0.1) is 11.6 Å². The summed E-state index contributed by atoms with van der Waals surface area (Å²) in [7, 11) is 1.52. The van der Waals surface area contributed by atoms with E-state index >= 15 is 0 Å². The van der Waals surface area contributed by atoms with Crippen LogP contribution in [0.25, 0.3) is 0 Å². The summed E-state index contributed by atoms with van der Waals surface area (Å²) in [6.45, 7) is -2.57. The molecule has 0 heterocycles. The number of hydrogen-bond acceptors (Lipinski definition) is 2. The van der Waals surface area contributed by atoms with Crippen LogP contribution in [0.2, 0.25) is 0 Å². The molecule has 0 saturated heterocycles. The topological polar surface area (TPSA) is 45.7 Å². The molecule has 2 rings (SSSR count). The Morgan fingerprint density at radius 2 is 1.81 bits per heavy atom. The number of alkyl halides is 2. The summed E-state index contributed by atoms with van der Waals surface area (Å²) in [6.07, 6.45) is 0. The van der Waals surface area contributed by atoms with Crippen LogP contribution in [-0.4, -0.2) is 19.6 Å². The number of nitrogens with one attached hydrogen (secondary N) is 2. The van der Waals surface area contributed by atoms with Crippen molar-refractivity contribution in [2.75, 3.05) is 7.05 Å². The zero-order valence-electron chi connectivity index (χ0n) is 13.8. The van der Waals surface area contributed by atoms with E-state index in [9.17, 15) is 17.6 Å². The zero-order chi connectivity index (χ0) is 18.2. The van der Waals surface area contributed by atoms with Crippen molar-refractivity contribution in [3.8, 4) is 5.75 Å². The van der Waals surface area contributed by atoms with Crippen molar-refractivity contribution in [2.24, 2.45) is 4.99 Å². The Kier molecular flexibility index (Phi) is 9.17. The first-order chi connectivity index (χ1) is 12.0. The summed E-state index contributed by atoms with van der Waals surface area (Å²) >= 11 is 0. The molecule has 0 aliphatic carbocycles. The Hall–Kier alpha value is -2.04. The molecule has 9 heteroatoms. The third-order valence-corrected chi connectivity index (χ3v) is 3.26. The summed E-state index contributed by atoms with van der Waals surface area (Å²) in [5, 5.41) is 5.80. The molecule has 0 aromatic heterocycles. The number of rotatable bonds is 6. The SMILES string of the molecule is CN=C(NCc1cccc(OC(F)F)c1)NCc1cc(F)ccc1F.I. The van der Waals surface area contributed by atoms with Gasteiger partial charge in [0, 0.05) is 25.7 Å². The van der Waals surface area contributed by atoms with Crippen LogP contribution in [0.4, 0.5) is 17.6 Å². The molecule has 142 valence electrons. The summed E-state index contributed by atoms with van der Waals surface area (Å²) in [5.41, 5.74) is 0.855. The van der Waals surface area contributed by atoms with Gasteiger partial charge in [0.2, 0.25) is 0 Å². The summed E-state index contributed by atoms with van der Waals surface area (Å²) in [6, 6.07) is 9.41. The largest absolute Gasteiger partial charge is 0.435 e. The first kappa shape index (κ1) is 22.0. The molecular weight excluding hydrogens is 465 g/mol. The minimum Gasteiger partial charge on any atom is -0.435 e. The summed E-state index contributed by atoms with van der Waals surface area (Å²) in [4.78, 5) is 3.97. The Balaban J connectivity index is 0.00000338. The minimum absolute atomic E-state index is 0. The normalized spacial score (nSPS) is 11.1. The van der Waals surface area contributed by atoms with E-state index in [1.807, 2.05) is 0 Å². The lowest BCUT2D eigenvalue weighted by Crippen LogP contribution is -2.36. The lowest BCUT2D eigenvalue weighted by Gasteiger charge is -2.13. The van der Waals surface area contributed by atoms with E-state index in [1.165, 1.54) is 19.2 Å². The molecule has 0 unspecified atom stereocenters. The molecule has 2 aromatic rings. The number of guanidine groups is 1. The third kappa shape index (κ3) is 7.06. The van der Waals surface area contributed by atoms with Crippen LogP contribution in [0.3, 0.4) is 0 Å². The van der Waals surface area contributed by atoms with Crippen molar-refractivity contribution in [3.63, 3.8) is 0 Å². The quantitative estimate of drug-likeness (QED) is 0.282. The highest BCUT2D eigenvalue weighted by Crippen LogP contribution is 2.15. The van der Waals surface area contributed by atoms with Crippen molar-refractivity contribution in [1.82, 2.24) is 10.6 Å². The summed E-state index contributed by atoms with van der Waals surface area (Å²) in [5.74, 6) is -0.652.